The highest BCUT2D eigenvalue weighted by Gasteiger charge is 2.04. The van der Waals surface area contributed by atoms with Gasteiger partial charge in [-0.3, -0.25) is 9.36 Å². The van der Waals surface area contributed by atoms with Crippen LogP contribution in [0.1, 0.15) is 16.8 Å². The van der Waals surface area contributed by atoms with Gasteiger partial charge in [0.1, 0.15) is 0 Å². The number of nitrogens with one attached hydrogen (secondary N) is 1. The zero-order valence-electron chi connectivity index (χ0n) is 10.6. The van der Waals surface area contributed by atoms with Crippen molar-refractivity contribution < 1.29 is 0 Å². The van der Waals surface area contributed by atoms with Crippen LogP contribution in [0.2, 0.25) is 0 Å². The standard InChI is InChI=1S/C12H19N5/c1-10-12(7-13-2)9-17(15-10)5-4-11-6-14-16(3)8-11/h6,8-9,13H,4-5,7H2,1-3H3. The first-order valence-corrected chi connectivity index (χ1v) is 5.84. The summed E-state index contributed by atoms with van der Waals surface area (Å²) in [6.45, 7) is 3.82. The topological polar surface area (TPSA) is 47.7 Å². The predicted octanol–water partition coefficient (Wildman–Crippen LogP) is 0.887. The third-order valence-electron chi connectivity index (χ3n) is 2.80. The monoisotopic (exact) mass is 233 g/mol. The molecule has 0 aliphatic carbocycles. The summed E-state index contributed by atoms with van der Waals surface area (Å²) >= 11 is 0. The van der Waals surface area contributed by atoms with Crippen LogP contribution in [-0.4, -0.2) is 26.6 Å². The van der Waals surface area contributed by atoms with Gasteiger partial charge in [-0.1, -0.05) is 0 Å². The summed E-state index contributed by atoms with van der Waals surface area (Å²) in [7, 11) is 3.89. The van der Waals surface area contributed by atoms with Crippen LogP contribution in [0.25, 0.3) is 0 Å². The quantitative estimate of drug-likeness (QED) is 0.834. The first kappa shape index (κ1) is 11.9. The van der Waals surface area contributed by atoms with Crippen LogP contribution in [0.3, 0.4) is 0 Å². The molecular weight excluding hydrogens is 214 g/mol. The molecule has 0 saturated carbocycles. The highest BCUT2D eigenvalue weighted by Crippen LogP contribution is 2.06. The van der Waals surface area contributed by atoms with Gasteiger partial charge in [0.2, 0.25) is 0 Å². The van der Waals surface area contributed by atoms with Crippen molar-refractivity contribution in [1.29, 1.82) is 0 Å². The van der Waals surface area contributed by atoms with Crippen molar-refractivity contribution >= 4 is 0 Å². The Labute approximate surface area is 101 Å². The van der Waals surface area contributed by atoms with Gasteiger partial charge in [-0.25, -0.2) is 0 Å². The molecule has 0 aliphatic heterocycles. The van der Waals surface area contributed by atoms with Crippen LogP contribution in [-0.2, 0) is 26.6 Å². The first-order chi connectivity index (χ1) is 8.19. The van der Waals surface area contributed by atoms with Crippen LogP contribution in [0.5, 0.6) is 0 Å². The summed E-state index contributed by atoms with van der Waals surface area (Å²) in [6.07, 6.45) is 7.03. The Balaban J connectivity index is 1.97. The Morgan fingerprint density at radius 1 is 1.35 bits per heavy atom. The van der Waals surface area contributed by atoms with Crippen molar-refractivity contribution in [3.05, 3.63) is 35.4 Å². The second-order valence-corrected chi connectivity index (χ2v) is 4.31. The average Bonchev–Trinajstić information content (AvgIpc) is 2.84. The zero-order chi connectivity index (χ0) is 12.3. The normalized spacial score (nSPS) is 11.0. The molecule has 0 saturated heterocycles. The van der Waals surface area contributed by atoms with Gasteiger partial charge in [-0.2, -0.15) is 10.2 Å². The van der Waals surface area contributed by atoms with Crippen molar-refractivity contribution in [1.82, 2.24) is 24.9 Å². The van der Waals surface area contributed by atoms with E-state index in [-0.39, 0.29) is 0 Å². The van der Waals surface area contributed by atoms with Gasteiger partial charge in [0.25, 0.3) is 0 Å². The van der Waals surface area contributed by atoms with Gasteiger partial charge < -0.3 is 5.32 Å². The fraction of sp³-hybridized carbons (Fsp3) is 0.500. The minimum atomic E-state index is 0.874. The fourth-order valence-corrected chi connectivity index (χ4v) is 1.88. The molecule has 0 spiro atoms. The number of aromatic nitrogens is 4. The van der Waals surface area contributed by atoms with Crippen molar-refractivity contribution in [2.24, 2.45) is 7.05 Å². The molecule has 2 aromatic rings. The Bertz CT molecular complexity index is 483. The van der Waals surface area contributed by atoms with E-state index >= 15 is 0 Å². The van der Waals surface area contributed by atoms with E-state index in [4.69, 9.17) is 0 Å². The molecule has 0 bridgehead atoms. The van der Waals surface area contributed by atoms with Gasteiger partial charge >= 0.3 is 0 Å². The smallest absolute Gasteiger partial charge is 0.0638 e. The highest BCUT2D eigenvalue weighted by atomic mass is 15.3. The lowest BCUT2D eigenvalue weighted by molar-refractivity contribution is 0.609. The maximum absolute atomic E-state index is 4.50. The van der Waals surface area contributed by atoms with Crippen LogP contribution < -0.4 is 5.32 Å². The molecule has 5 nitrogen and oxygen atoms in total. The lowest BCUT2D eigenvalue weighted by Crippen LogP contribution is -2.05. The fourth-order valence-electron chi connectivity index (χ4n) is 1.88. The molecule has 0 fully saturated rings. The van der Waals surface area contributed by atoms with Crippen LogP contribution in [0.4, 0.5) is 0 Å². The van der Waals surface area contributed by atoms with E-state index in [9.17, 15) is 0 Å². The Hall–Kier alpha value is -1.62. The van der Waals surface area contributed by atoms with E-state index in [1.807, 2.05) is 42.8 Å². The molecule has 2 aromatic heterocycles. The number of aryl methyl sites for hydroxylation is 4. The lowest BCUT2D eigenvalue weighted by atomic mass is 10.2. The van der Waals surface area contributed by atoms with Gasteiger partial charge in [0.15, 0.2) is 0 Å². The molecule has 0 radical (unpaired) electrons. The summed E-state index contributed by atoms with van der Waals surface area (Å²) in [5.41, 5.74) is 3.61. The summed E-state index contributed by atoms with van der Waals surface area (Å²) in [5.74, 6) is 0. The summed E-state index contributed by atoms with van der Waals surface area (Å²) in [6, 6.07) is 0. The maximum Gasteiger partial charge on any atom is 0.0638 e. The molecule has 0 aromatic carbocycles. The molecule has 0 aliphatic rings. The van der Waals surface area contributed by atoms with Gasteiger partial charge in [0, 0.05) is 38.1 Å². The molecule has 92 valence electrons. The third-order valence-corrected chi connectivity index (χ3v) is 2.80. The third kappa shape index (κ3) is 2.94. The zero-order valence-corrected chi connectivity index (χ0v) is 10.6. The van der Waals surface area contributed by atoms with Gasteiger partial charge in [0.05, 0.1) is 11.9 Å². The molecule has 5 heteroatoms. The first-order valence-electron chi connectivity index (χ1n) is 5.84. The van der Waals surface area contributed by atoms with Crippen molar-refractivity contribution in [3.8, 4) is 0 Å². The molecule has 1 N–H and O–H groups in total. The average molecular weight is 233 g/mol. The van der Waals surface area contributed by atoms with Crippen LogP contribution in [0.15, 0.2) is 18.6 Å². The number of hydrogen-bond acceptors (Lipinski definition) is 3. The molecule has 2 rings (SSSR count). The van der Waals surface area contributed by atoms with E-state index in [2.05, 4.69) is 21.7 Å². The van der Waals surface area contributed by atoms with Crippen molar-refractivity contribution in [3.63, 3.8) is 0 Å². The summed E-state index contributed by atoms with van der Waals surface area (Å²) in [4.78, 5) is 0. The number of nitrogens with zero attached hydrogens (tertiary/aromatic N) is 4. The van der Waals surface area contributed by atoms with Crippen molar-refractivity contribution in [2.75, 3.05) is 7.05 Å². The maximum atomic E-state index is 4.50. The van der Waals surface area contributed by atoms with Gasteiger partial charge in [-0.15, -0.1) is 0 Å². The van der Waals surface area contributed by atoms with Crippen molar-refractivity contribution in [2.45, 2.75) is 26.4 Å². The number of hydrogen-bond donors (Lipinski definition) is 1. The van der Waals surface area contributed by atoms with E-state index in [1.165, 1.54) is 11.1 Å². The SMILES string of the molecule is CNCc1cn(CCc2cnn(C)c2)nc1C. The summed E-state index contributed by atoms with van der Waals surface area (Å²) < 4.78 is 3.84. The van der Waals surface area contributed by atoms with Gasteiger partial charge in [-0.05, 0) is 26.0 Å². The number of rotatable bonds is 5. The molecule has 0 unspecified atom stereocenters. The Kier molecular flexibility index (Phi) is 3.58. The lowest BCUT2D eigenvalue weighted by Gasteiger charge is -1.98. The molecule has 0 amide bonds. The molecule has 17 heavy (non-hydrogen) atoms. The molecular formula is C12H19N5. The van der Waals surface area contributed by atoms with Crippen LogP contribution >= 0.6 is 0 Å². The summed E-state index contributed by atoms with van der Waals surface area (Å²) in [5, 5.41) is 11.8. The van der Waals surface area contributed by atoms with E-state index in [0.717, 1.165) is 25.2 Å². The minimum absolute atomic E-state index is 0.874. The second-order valence-electron chi connectivity index (χ2n) is 4.31. The van der Waals surface area contributed by atoms with E-state index in [1.54, 1.807) is 0 Å². The minimum Gasteiger partial charge on any atom is -0.316 e. The second kappa shape index (κ2) is 5.14. The van der Waals surface area contributed by atoms with Crippen LogP contribution in [0, 0.1) is 6.92 Å². The van der Waals surface area contributed by atoms with E-state index < -0.39 is 0 Å². The predicted molar refractivity (Wildman–Crippen MR) is 66.6 cm³/mol. The molecule has 0 atom stereocenters. The Morgan fingerprint density at radius 3 is 2.82 bits per heavy atom. The Morgan fingerprint density at radius 2 is 2.18 bits per heavy atom. The largest absolute Gasteiger partial charge is 0.316 e. The van der Waals surface area contributed by atoms with E-state index in [0.29, 0.717) is 0 Å². The molecule has 2 heterocycles. The highest BCUT2D eigenvalue weighted by molar-refractivity contribution is 5.15.